The Morgan fingerprint density at radius 3 is 2.39 bits per heavy atom. The second-order valence-electron chi connectivity index (χ2n) is 7.37. The second-order valence-corrected chi connectivity index (χ2v) is 8.36. The lowest BCUT2D eigenvalue weighted by molar-refractivity contribution is -0.144. The first-order valence-electron chi connectivity index (χ1n) is 9.48. The van der Waals surface area contributed by atoms with Gasteiger partial charge in [0.15, 0.2) is 0 Å². The quantitative estimate of drug-likeness (QED) is 0.386. The average molecular weight is 417 g/mol. The van der Waals surface area contributed by atoms with Gasteiger partial charge in [0.05, 0.1) is 6.04 Å². The Balaban J connectivity index is 2.74. The number of nitrogens with one attached hydrogen (secondary N) is 2. The maximum Gasteiger partial charge on any atom is 0.326 e. The molecule has 1 fully saturated rings. The molecule has 1 aliphatic heterocycles. The summed E-state index contributed by atoms with van der Waals surface area (Å²) >= 11 is 1.50. The van der Waals surface area contributed by atoms with Crippen LogP contribution >= 0.6 is 11.8 Å². The highest BCUT2D eigenvalue weighted by atomic mass is 32.2. The van der Waals surface area contributed by atoms with E-state index in [1.165, 1.54) is 16.7 Å². The Morgan fingerprint density at radius 2 is 1.86 bits per heavy atom. The zero-order valence-corrected chi connectivity index (χ0v) is 17.8. The van der Waals surface area contributed by atoms with Crippen molar-refractivity contribution in [1.82, 2.24) is 15.5 Å². The molecule has 10 heteroatoms. The number of carbonyl (C=O) groups excluding carboxylic acids is 3. The minimum absolute atomic E-state index is 0.0677. The Hall–Kier alpha value is -1.81. The van der Waals surface area contributed by atoms with Gasteiger partial charge in [0.2, 0.25) is 17.7 Å². The summed E-state index contributed by atoms with van der Waals surface area (Å²) in [7, 11) is 0. The number of hydrogen-bond donors (Lipinski definition) is 4. The van der Waals surface area contributed by atoms with Crippen LogP contribution in [0.2, 0.25) is 0 Å². The highest BCUT2D eigenvalue weighted by Crippen LogP contribution is 2.19. The highest BCUT2D eigenvalue weighted by Gasteiger charge is 2.38. The number of hydrogen-bond acceptors (Lipinski definition) is 6. The van der Waals surface area contributed by atoms with Crippen LogP contribution in [0.15, 0.2) is 0 Å². The predicted molar refractivity (Wildman–Crippen MR) is 108 cm³/mol. The van der Waals surface area contributed by atoms with Crippen LogP contribution in [0, 0.1) is 5.92 Å². The molecule has 1 aliphatic rings. The molecule has 0 aromatic rings. The van der Waals surface area contributed by atoms with Gasteiger partial charge in [-0.2, -0.15) is 11.8 Å². The minimum Gasteiger partial charge on any atom is -0.480 e. The summed E-state index contributed by atoms with van der Waals surface area (Å²) in [6.07, 6.45) is 3.26. The summed E-state index contributed by atoms with van der Waals surface area (Å²) in [5.74, 6) is -1.83. The van der Waals surface area contributed by atoms with Crippen LogP contribution in [0.3, 0.4) is 0 Å². The van der Waals surface area contributed by atoms with Gasteiger partial charge in [-0.15, -0.1) is 0 Å². The lowest BCUT2D eigenvalue weighted by atomic mass is 10.0. The van der Waals surface area contributed by atoms with Gasteiger partial charge in [0.1, 0.15) is 18.1 Å². The van der Waals surface area contributed by atoms with E-state index in [0.717, 1.165) is 0 Å². The van der Waals surface area contributed by atoms with Crippen LogP contribution in [0.1, 0.15) is 40.0 Å². The molecule has 0 spiro atoms. The fraction of sp³-hybridized carbons (Fsp3) is 0.778. The number of carboxylic acids is 1. The third-order valence-electron chi connectivity index (χ3n) is 4.81. The van der Waals surface area contributed by atoms with Crippen LogP contribution in [0.4, 0.5) is 0 Å². The fourth-order valence-corrected chi connectivity index (χ4v) is 3.46. The van der Waals surface area contributed by atoms with Crippen molar-refractivity contribution in [3.8, 4) is 0 Å². The van der Waals surface area contributed by atoms with Gasteiger partial charge in [-0.25, -0.2) is 4.79 Å². The number of carbonyl (C=O) groups is 4. The number of thioether (sulfide) groups is 1. The lowest BCUT2D eigenvalue weighted by Gasteiger charge is -2.28. The molecule has 0 aromatic carbocycles. The molecule has 160 valence electrons. The number of nitrogens with zero attached hydrogens (tertiary/aromatic N) is 1. The van der Waals surface area contributed by atoms with Gasteiger partial charge in [-0.3, -0.25) is 14.4 Å². The second kappa shape index (κ2) is 11.3. The predicted octanol–water partition coefficient (Wildman–Crippen LogP) is -0.212. The van der Waals surface area contributed by atoms with E-state index in [4.69, 9.17) is 5.73 Å². The van der Waals surface area contributed by atoms with Crippen LogP contribution in [0.25, 0.3) is 0 Å². The summed E-state index contributed by atoms with van der Waals surface area (Å²) in [6.45, 7) is 5.57. The van der Waals surface area contributed by atoms with Crippen molar-refractivity contribution in [3.05, 3.63) is 0 Å². The molecule has 0 saturated carbocycles. The molecule has 0 aromatic heterocycles. The number of likely N-dealkylation sites (tertiary alicyclic amines) is 1. The highest BCUT2D eigenvalue weighted by molar-refractivity contribution is 7.98. The van der Waals surface area contributed by atoms with Gasteiger partial charge in [0, 0.05) is 6.54 Å². The van der Waals surface area contributed by atoms with Crippen LogP contribution < -0.4 is 16.4 Å². The summed E-state index contributed by atoms with van der Waals surface area (Å²) in [5.41, 5.74) is 5.80. The molecule has 1 rings (SSSR count). The Kier molecular flexibility index (Phi) is 9.74. The number of rotatable bonds is 10. The van der Waals surface area contributed by atoms with Gasteiger partial charge in [-0.1, -0.05) is 13.8 Å². The zero-order chi connectivity index (χ0) is 21.4. The van der Waals surface area contributed by atoms with Crippen LogP contribution in [0.5, 0.6) is 0 Å². The van der Waals surface area contributed by atoms with Crippen LogP contribution in [-0.2, 0) is 19.2 Å². The lowest BCUT2D eigenvalue weighted by Crippen LogP contribution is -2.56. The maximum absolute atomic E-state index is 12.8. The van der Waals surface area contributed by atoms with E-state index >= 15 is 0 Å². The normalized spacial score (nSPS) is 19.8. The topological polar surface area (TPSA) is 142 Å². The van der Waals surface area contributed by atoms with E-state index < -0.39 is 42.0 Å². The molecule has 1 heterocycles. The van der Waals surface area contributed by atoms with Gasteiger partial charge in [-0.05, 0) is 44.1 Å². The monoisotopic (exact) mass is 416 g/mol. The zero-order valence-electron chi connectivity index (χ0n) is 16.9. The molecule has 9 nitrogen and oxygen atoms in total. The minimum atomic E-state index is -1.10. The first-order valence-corrected chi connectivity index (χ1v) is 10.9. The molecule has 1 saturated heterocycles. The van der Waals surface area contributed by atoms with E-state index in [1.54, 1.807) is 6.92 Å². The molecule has 0 radical (unpaired) electrons. The Morgan fingerprint density at radius 1 is 1.21 bits per heavy atom. The number of aliphatic carboxylic acids is 1. The van der Waals surface area contributed by atoms with Crippen molar-refractivity contribution in [1.29, 1.82) is 0 Å². The fourth-order valence-electron chi connectivity index (χ4n) is 2.99. The van der Waals surface area contributed by atoms with Crippen molar-refractivity contribution in [3.63, 3.8) is 0 Å². The third kappa shape index (κ3) is 6.66. The van der Waals surface area contributed by atoms with Crippen molar-refractivity contribution >= 4 is 35.5 Å². The molecule has 28 heavy (non-hydrogen) atoms. The third-order valence-corrected chi connectivity index (χ3v) is 5.46. The molecule has 5 N–H and O–H groups in total. The van der Waals surface area contributed by atoms with Gasteiger partial charge in [0.25, 0.3) is 0 Å². The SMILES string of the molecule is CSCCC(NC(=O)C1CCCN1C(=O)C(C)NC(=O)C(N)C(C)C)C(=O)O. The largest absolute Gasteiger partial charge is 0.480 e. The summed E-state index contributed by atoms with van der Waals surface area (Å²) < 4.78 is 0. The Labute approximate surface area is 170 Å². The molecule has 4 atom stereocenters. The first-order chi connectivity index (χ1) is 13.1. The standard InChI is InChI=1S/C18H32N4O5S/c1-10(2)14(19)16(24)20-11(3)17(25)22-8-5-6-13(22)15(23)21-12(18(26)27)7-9-28-4/h10-14H,5-9,19H2,1-4H3,(H,20,24)(H,21,23)(H,26,27). The number of carboxylic acid groups (broad SMARTS) is 1. The summed E-state index contributed by atoms with van der Waals surface area (Å²) in [4.78, 5) is 50.2. The number of nitrogens with two attached hydrogens (primary N) is 1. The summed E-state index contributed by atoms with van der Waals surface area (Å²) in [5, 5.41) is 14.4. The van der Waals surface area contributed by atoms with E-state index in [9.17, 15) is 24.3 Å². The van der Waals surface area contributed by atoms with Crippen molar-refractivity contribution in [2.45, 2.75) is 64.2 Å². The Bertz CT molecular complexity index is 586. The summed E-state index contributed by atoms with van der Waals surface area (Å²) in [6, 6.07) is -3.27. The molecular weight excluding hydrogens is 384 g/mol. The van der Waals surface area contributed by atoms with Crippen molar-refractivity contribution < 1.29 is 24.3 Å². The van der Waals surface area contributed by atoms with Crippen molar-refractivity contribution in [2.24, 2.45) is 11.7 Å². The molecule has 0 aliphatic carbocycles. The van der Waals surface area contributed by atoms with E-state index in [1.807, 2.05) is 20.1 Å². The van der Waals surface area contributed by atoms with E-state index in [2.05, 4.69) is 10.6 Å². The van der Waals surface area contributed by atoms with Gasteiger partial charge < -0.3 is 26.4 Å². The molecule has 0 bridgehead atoms. The van der Waals surface area contributed by atoms with Gasteiger partial charge >= 0.3 is 5.97 Å². The first kappa shape index (κ1) is 24.2. The van der Waals surface area contributed by atoms with E-state index in [-0.39, 0.29) is 11.8 Å². The maximum atomic E-state index is 12.8. The van der Waals surface area contributed by atoms with E-state index in [0.29, 0.717) is 31.6 Å². The van der Waals surface area contributed by atoms with Crippen LogP contribution in [-0.4, -0.2) is 76.4 Å². The number of amides is 3. The average Bonchev–Trinajstić information content (AvgIpc) is 3.12. The molecular formula is C18H32N4O5S. The smallest absolute Gasteiger partial charge is 0.326 e. The molecule has 3 amide bonds. The molecule has 4 unspecified atom stereocenters. The van der Waals surface area contributed by atoms with Crippen molar-refractivity contribution in [2.75, 3.05) is 18.6 Å².